The second-order valence-corrected chi connectivity index (χ2v) is 6.67. The van der Waals surface area contributed by atoms with Crippen molar-refractivity contribution in [2.75, 3.05) is 19.5 Å². The van der Waals surface area contributed by atoms with Crippen LogP contribution in [0.1, 0.15) is 5.69 Å². The largest absolute Gasteiger partial charge is 0.497 e. The molecule has 1 heterocycles. The van der Waals surface area contributed by atoms with Gasteiger partial charge in [-0.15, -0.1) is 11.3 Å². The highest BCUT2D eigenvalue weighted by molar-refractivity contribution is 7.07. The number of carbonyl (C=O) groups excluding carboxylic acids is 1. The van der Waals surface area contributed by atoms with Crippen molar-refractivity contribution in [3.05, 3.63) is 64.4 Å². The molecular weight excluding hydrogens is 362 g/mol. The number of amides is 1. The van der Waals surface area contributed by atoms with Gasteiger partial charge in [0, 0.05) is 23.8 Å². The van der Waals surface area contributed by atoms with Crippen molar-refractivity contribution < 1.29 is 14.3 Å². The molecule has 3 aromatic rings. The van der Waals surface area contributed by atoms with Gasteiger partial charge in [-0.1, -0.05) is 0 Å². The van der Waals surface area contributed by atoms with Gasteiger partial charge in [0.2, 0.25) is 5.91 Å². The standard InChI is InChI=1S/C20H21N3O3S/c1-23-16(12-19(24)21-14-4-8-17(25-2)9-5-14)13-27-20(23)22-15-6-10-18(26-3)11-7-15/h4-11,13H,12H2,1-3H3,(H,21,24). The second kappa shape index (κ2) is 8.55. The molecule has 0 radical (unpaired) electrons. The maximum Gasteiger partial charge on any atom is 0.230 e. The molecule has 140 valence electrons. The normalized spacial score (nSPS) is 11.3. The van der Waals surface area contributed by atoms with E-state index in [1.54, 1.807) is 14.2 Å². The minimum absolute atomic E-state index is 0.0791. The Balaban J connectivity index is 1.70. The number of aromatic nitrogens is 1. The predicted molar refractivity (Wildman–Crippen MR) is 107 cm³/mol. The lowest BCUT2D eigenvalue weighted by Crippen LogP contribution is -2.19. The van der Waals surface area contributed by atoms with Crippen LogP contribution in [0.4, 0.5) is 11.4 Å². The van der Waals surface area contributed by atoms with Gasteiger partial charge < -0.3 is 19.4 Å². The molecule has 0 aliphatic carbocycles. The number of rotatable bonds is 6. The minimum Gasteiger partial charge on any atom is -0.497 e. The van der Waals surface area contributed by atoms with E-state index in [4.69, 9.17) is 9.47 Å². The predicted octanol–water partition coefficient (Wildman–Crippen LogP) is 3.52. The number of benzene rings is 2. The van der Waals surface area contributed by atoms with Crippen LogP contribution in [-0.2, 0) is 18.3 Å². The van der Waals surface area contributed by atoms with Crippen molar-refractivity contribution in [3.8, 4) is 11.5 Å². The molecule has 6 nitrogen and oxygen atoms in total. The van der Waals surface area contributed by atoms with Crippen LogP contribution in [0.15, 0.2) is 58.9 Å². The number of anilines is 1. The fourth-order valence-electron chi connectivity index (χ4n) is 2.47. The average Bonchev–Trinajstić information content (AvgIpc) is 3.02. The quantitative estimate of drug-likeness (QED) is 0.708. The van der Waals surface area contributed by atoms with Gasteiger partial charge in [-0.3, -0.25) is 4.79 Å². The van der Waals surface area contributed by atoms with E-state index in [1.165, 1.54) is 11.3 Å². The molecule has 27 heavy (non-hydrogen) atoms. The van der Waals surface area contributed by atoms with E-state index in [-0.39, 0.29) is 12.3 Å². The number of hydrogen-bond acceptors (Lipinski definition) is 5. The Kier molecular flexibility index (Phi) is 5.93. The van der Waals surface area contributed by atoms with Gasteiger partial charge in [-0.2, -0.15) is 0 Å². The van der Waals surface area contributed by atoms with Crippen LogP contribution in [-0.4, -0.2) is 24.7 Å². The van der Waals surface area contributed by atoms with E-state index >= 15 is 0 Å². The third-order valence-electron chi connectivity index (χ3n) is 4.03. The lowest BCUT2D eigenvalue weighted by molar-refractivity contribution is -0.115. The number of nitrogens with one attached hydrogen (secondary N) is 1. The van der Waals surface area contributed by atoms with Gasteiger partial charge in [-0.05, 0) is 48.5 Å². The van der Waals surface area contributed by atoms with Gasteiger partial charge in [0.1, 0.15) is 11.5 Å². The SMILES string of the molecule is COc1ccc(N=c2scc(CC(=O)Nc3ccc(OC)cc3)n2C)cc1. The third kappa shape index (κ3) is 4.77. The topological polar surface area (TPSA) is 64.8 Å². The summed E-state index contributed by atoms with van der Waals surface area (Å²) in [5.41, 5.74) is 2.47. The molecule has 0 bridgehead atoms. The number of methoxy groups -OCH3 is 2. The molecular formula is C20H21N3O3S. The number of carbonyl (C=O) groups is 1. The Morgan fingerprint density at radius 1 is 1.04 bits per heavy atom. The smallest absolute Gasteiger partial charge is 0.230 e. The second-order valence-electron chi connectivity index (χ2n) is 5.83. The highest BCUT2D eigenvalue weighted by Gasteiger charge is 2.09. The van der Waals surface area contributed by atoms with E-state index < -0.39 is 0 Å². The van der Waals surface area contributed by atoms with E-state index in [2.05, 4.69) is 10.3 Å². The van der Waals surface area contributed by atoms with Gasteiger partial charge in [0.15, 0.2) is 4.80 Å². The van der Waals surface area contributed by atoms with Crippen LogP contribution < -0.4 is 19.6 Å². The molecule has 2 aromatic carbocycles. The number of thiazole rings is 1. The Hall–Kier alpha value is -3.06. The molecule has 1 N–H and O–H groups in total. The van der Waals surface area contributed by atoms with Crippen molar-refractivity contribution >= 4 is 28.6 Å². The van der Waals surface area contributed by atoms with Crippen LogP contribution in [0.3, 0.4) is 0 Å². The molecule has 1 amide bonds. The lowest BCUT2D eigenvalue weighted by atomic mass is 10.2. The van der Waals surface area contributed by atoms with Gasteiger partial charge >= 0.3 is 0 Å². The monoisotopic (exact) mass is 383 g/mol. The molecule has 0 atom stereocenters. The third-order valence-corrected chi connectivity index (χ3v) is 5.00. The molecule has 0 aliphatic rings. The first-order chi connectivity index (χ1) is 13.1. The van der Waals surface area contributed by atoms with Crippen molar-refractivity contribution in [1.29, 1.82) is 0 Å². The summed E-state index contributed by atoms with van der Waals surface area (Å²) in [5, 5.41) is 4.85. The zero-order chi connectivity index (χ0) is 19.2. The summed E-state index contributed by atoms with van der Waals surface area (Å²) in [6.45, 7) is 0. The Labute approximate surface area is 161 Å². The van der Waals surface area contributed by atoms with E-state index in [1.807, 2.05) is 65.5 Å². The Morgan fingerprint density at radius 2 is 1.63 bits per heavy atom. The zero-order valence-corrected chi connectivity index (χ0v) is 16.2. The van der Waals surface area contributed by atoms with Crippen molar-refractivity contribution in [3.63, 3.8) is 0 Å². The van der Waals surface area contributed by atoms with Crippen LogP contribution >= 0.6 is 11.3 Å². The summed E-state index contributed by atoms with van der Waals surface area (Å²) in [7, 11) is 5.16. The van der Waals surface area contributed by atoms with E-state index in [0.29, 0.717) is 0 Å². The van der Waals surface area contributed by atoms with Crippen molar-refractivity contribution in [2.24, 2.45) is 12.0 Å². The highest BCUT2D eigenvalue weighted by Crippen LogP contribution is 2.18. The first-order valence-electron chi connectivity index (χ1n) is 8.35. The maximum atomic E-state index is 12.3. The molecule has 0 saturated carbocycles. The van der Waals surface area contributed by atoms with Crippen LogP contribution in [0.5, 0.6) is 11.5 Å². The molecule has 0 unspecified atom stereocenters. The molecule has 0 spiro atoms. The van der Waals surface area contributed by atoms with Crippen LogP contribution in [0.2, 0.25) is 0 Å². The molecule has 0 aliphatic heterocycles. The summed E-state index contributed by atoms with van der Waals surface area (Å²) < 4.78 is 12.2. The zero-order valence-electron chi connectivity index (χ0n) is 15.4. The van der Waals surface area contributed by atoms with Crippen LogP contribution in [0, 0.1) is 0 Å². The Morgan fingerprint density at radius 3 is 2.22 bits per heavy atom. The average molecular weight is 383 g/mol. The van der Waals surface area contributed by atoms with Crippen molar-refractivity contribution in [2.45, 2.75) is 6.42 Å². The van der Waals surface area contributed by atoms with Gasteiger partial charge in [0.05, 0.1) is 26.3 Å². The Bertz CT molecular complexity index is 973. The maximum absolute atomic E-state index is 12.3. The lowest BCUT2D eigenvalue weighted by Gasteiger charge is -2.07. The summed E-state index contributed by atoms with van der Waals surface area (Å²) >= 11 is 1.50. The number of hydrogen-bond donors (Lipinski definition) is 1. The number of nitrogens with zero attached hydrogens (tertiary/aromatic N) is 2. The fraction of sp³-hybridized carbons (Fsp3) is 0.200. The molecule has 7 heteroatoms. The highest BCUT2D eigenvalue weighted by atomic mass is 32.1. The molecule has 0 fully saturated rings. The molecule has 1 aromatic heterocycles. The molecule has 0 saturated heterocycles. The molecule has 3 rings (SSSR count). The summed E-state index contributed by atoms with van der Waals surface area (Å²) in [6, 6.07) is 14.8. The summed E-state index contributed by atoms with van der Waals surface area (Å²) in [6.07, 6.45) is 0.275. The van der Waals surface area contributed by atoms with Crippen LogP contribution in [0.25, 0.3) is 0 Å². The minimum atomic E-state index is -0.0791. The summed E-state index contributed by atoms with van der Waals surface area (Å²) in [4.78, 5) is 17.8. The van der Waals surface area contributed by atoms with E-state index in [9.17, 15) is 4.79 Å². The van der Waals surface area contributed by atoms with E-state index in [0.717, 1.165) is 33.4 Å². The summed E-state index contributed by atoms with van der Waals surface area (Å²) in [5.74, 6) is 1.46. The first-order valence-corrected chi connectivity index (χ1v) is 9.23. The van der Waals surface area contributed by atoms with Gasteiger partial charge in [0.25, 0.3) is 0 Å². The first kappa shape index (κ1) is 18.7. The fourth-order valence-corrected chi connectivity index (χ4v) is 3.39. The number of ether oxygens (including phenoxy) is 2. The van der Waals surface area contributed by atoms with Crippen molar-refractivity contribution in [1.82, 2.24) is 4.57 Å². The van der Waals surface area contributed by atoms with Gasteiger partial charge in [-0.25, -0.2) is 4.99 Å².